The lowest BCUT2D eigenvalue weighted by atomic mass is 10.0. The van der Waals surface area contributed by atoms with E-state index in [1.807, 2.05) is 0 Å². The van der Waals surface area contributed by atoms with Crippen molar-refractivity contribution in [2.45, 2.75) is 284 Å². The molecule has 0 fully saturated rings. The van der Waals surface area contributed by atoms with Gasteiger partial charge in [0.05, 0.1) is 0 Å². The quantitative estimate of drug-likeness (QED) is 0.0263. The Hall–Kier alpha value is -2.11. The molecule has 0 aliphatic heterocycles. The van der Waals surface area contributed by atoms with E-state index >= 15 is 0 Å². The van der Waals surface area contributed by atoms with E-state index in [9.17, 15) is 14.4 Å². The van der Waals surface area contributed by atoms with Crippen molar-refractivity contribution >= 4 is 17.9 Å². The van der Waals surface area contributed by atoms with Crippen LogP contribution in [0.3, 0.4) is 0 Å². The van der Waals surface area contributed by atoms with Gasteiger partial charge in [-0.15, -0.1) is 0 Å². The van der Waals surface area contributed by atoms with Crippen molar-refractivity contribution in [2.24, 2.45) is 0 Å². The summed E-state index contributed by atoms with van der Waals surface area (Å²) in [6.07, 6.45) is 54.4. The molecule has 0 saturated heterocycles. The van der Waals surface area contributed by atoms with Crippen LogP contribution in [0.4, 0.5) is 0 Å². The van der Waals surface area contributed by atoms with E-state index in [-0.39, 0.29) is 31.1 Å². The van der Waals surface area contributed by atoms with E-state index in [2.05, 4.69) is 45.1 Å². The standard InChI is InChI=1S/C53H98O6/c1-4-7-10-13-16-19-22-25-27-29-31-34-37-40-43-46-52(55)58-49-50(48-57-51(54)45-42-39-36-33-30-24-21-18-15-12-9-6-3)59-53(56)47-44-41-38-35-32-28-26-23-20-17-14-11-8-5-2/h18,21,25,27,50H,4-17,19-20,22-24,26,28-49H2,1-3H3/b21-18-,27-25-. The summed E-state index contributed by atoms with van der Waals surface area (Å²) in [6.45, 7) is 6.62. The van der Waals surface area contributed by atoms with Gasteiger partial charge >= 0.3 is 17.9 Å². The zero-order chi connectivity index (χ0) is 43.0. The first kappa shape index (κ1) is 56.9. The largest absolute Gasteiger partial charge is 0.462 e. The van der Waals surface area contributed by atoms with Gasteiger partial charge in [0.25, 0.3) is 0 Å². The second-order valence-corrected chi connectivity index (χ2v) is 17.4. The van der Waals surface area contributed by atoms with E-state index in [1.54, 1.807) is 0 Å². The van der Waals surface area contributed by atoms with Crippen molar-refractivity contribution in [3.05, 3.63) is 24.3 Å². The monoisotopic (exact) mass is 831 g/mol. The van der Waals surface area contributed by atoms with Crippen LogP contribution in [0.1, 0.15) is 278 Å². The number of ether oxygens (including phenoxy) is 3. The van der Waals surface area contributed by atoms with Gasteiger partial charge in [-0.2, -0.15) is 0 Å². The fourth-order valence-electron chi connectivity index (χ4n) is 7.49. The highest BCUT2D eigenvalue weighted by Crippen LogP contribution is 2.15. The number of hydrogen-bond donors (Lipinski definition) is 0. The Bertz CT molecular complexity index is 958. The van der Waals surface area contributed by atoms with Crippen molar-refractivity contribution in [2.75, 3.05) is 13.2 Å². The molecule has 1 atom stereocenters. The molecule has 0 aliphatic rings. The topological polar surface area (TPSA) is 78.9 Å². The maximum atomic E-state index is 12.8. The van der Waals surface area contributed by atoms with E-state index in [1.165, 1.54) is 167 Å². The van der Waals surface area contributed by atoms with Gasteiger partial charge in [-0.25, -0.2) is 0 Å². The van der Waals surface area contributed by atoms with E-state index in [0.29, 0.717) is 19.3 Å². The minimum atomic E-state index is -0.772. The molecular weight excluding hydrogens is 733 g/mol. The molecule has 0 aromatic carbocycles. The van der Waals surface area contributed by atoms with Crippen LogP contribution in [-0.4, -0.2) is 37.2 Å². The minimum Gasteiger partial charge on any atom is -0.462 e. The molecule has 1 unspecified atom stereocenters. The summed E-state index contributed by atoms with van der Waals surface area (Å²) in [6, 6.07) is 0. The zero-order valence-electron chi connectivity index (χ0n) is 39.5. The first-order valence-electron chi connectivity index (χ1n) is 25.8. The van der Waals surface area contributed by atoms with Gasteiger partial charge in [0.1, 0.15) is 13.2 Å². The Balaban J connectivity index is 4.36. The number of hydrogen-bond acceptors (Lipinski definition) is 6. The second kappa shape index (κ2) is 48.6. The normalized spacial score (nSPS) is 12.1. The summed E-state index contributed by atoms with van der Waals surface area (Å²) in [4.78, 5) is 37.9. The van der Waals surface area contributed by atoms with Gasteiger partial charge < -0.3 is 14.2 Å². The molecule has 0 N–H and O–H groups in total. The molecule has 0 bridgehead atoms. The number of carbonyl (C=O) groups is 3. The molecule has 0 aliphatic carbocycles. The average molecular weight is 831 g/mol. The second-order valence-electron chi connectivity index (χ2n) is 17.4. The highest BCUT2D eigenvalue weighted by atomic mass is 16.6. The Morgan fingerprint density at radius 3 is 0.881 bits per heavy atom. The fraction of sp³-hybridized carbons (Fsp3) is 0.868. The van der Waals surface area contributed by atoms with Crippen LogP contribution >= 0.6 is 0 Å². The molecule has 6 nitrogen and oxygen atoms in total. The number of rotatable bonds is 47. The van der Waals surface area contributed by atoms with Crippen LogP contribution < -0.4 is 0 Å². The van der Waals surface area contributed by atoms with Gasteiger partial charge in [0, 0.05) is 19.3 Å². The lowest BCUT2D eigenvalue weighted by molar-refractivity contribution is -0.167. The van der Waals surface area contributed by atoms with E-state index < -0.39 is 6.10 Å². The van der Waals surface area contributed by atoms with Crippen molar-refractivity contribution in [3.63, 3.8) is 0 Å². The Kier molecular flexibility index (Phi) is 46.8. The first-order chi connectivity index (χ1) is 29.0. The lowest BCUT2D eigenvalue weighted by Gasteiger charge is -2.18. The Labute approximate surface area is 366 Å². The molecule has 0 rings (SSSR count). The highest BCUT2D eigenvalue weighted by Gasteiger charge is 2.19. The predicted octanol–water partition coefficient (Wildman–Crippen LogP) is 16.8. The number of unbranched alkanes of at least 4 members (excludes halogenated alkanes) is 32. The molecule has 0 aromatic heterocycles. The van der Waals surface area contributed by atoms with Gasteiger partial charge in [0.2, 0.25) is 0 Å². The van der Waals surface area contributed by atoms with Gasteiger partial charge in [-0.3, -0.25) is 14.4 Å². The Morgan fingerprint density at radius 1 is 0.322 bits per heavy atom. The van der Waals surface area contributed by atoms with Crippen molar-refractivity contribution in [1.82, 2.24) is 0 Å². The maximum absolute atomic E-state index is 12.8. The van der Waals surface area contributed by atoms with Crippen molar-refractivity contribution < 1.29 is 28.6 Å². The minimum absolute atomic E-state index is 0.0747. The molecule has 6 heteroatoms. The van der Waals surface area contributed by atoms with E-state index in [4.69, 9.17) is 14.2 Å². The van der Waals surface area contributed by atoms with Crippen LogP contribution in [0.15, 0.2) is 24.3 Å². The molecule has 59 heavy (non-hydrogen) atoms. The summed E-state index contributed by atoms with van der Waals surface area (Å²) in [5.41, 5.74) is 0. The molecule has 346 valence electrons. The molecule has 0 heterocycles. The zero-order valence-corrected chi connectivity index (χ0v) is 39.5. The van der Waals surface area contributed by atoms with Gasteiger partial charge in [0.15, 0.2) is 6.10 Å². The smallest absolute Gasteiger partial charge is 0.306 e. The first-order valence-corrected chi connectivity index (χ1v) is 25.8. The number of esters is 3. The lowest BCUT2D eigenvalue weighted by Crippen LogP contribution is -2.30. The molecule has 0 aromatic rings. The van der Waals surface area contributed by atoms with Crippen LogP contribution in [0.5, 0.6) is 0 Å². The molecule has 0 saturated carbocycles. The number of allylic oxidation sites excluding steroid dienone is 4. The summed E-state index contributed by atoms with van der Waals surface area (Å²) >= 11 is 0. The molecule has 0 spiro atoms. The van der Waals surface area contributed by atoms with Crippen molar-refractivity contribution in [1.29, 1.82) is 0 Å². The predicted molar refractivity (Wildman–Crippen MR) is 252 cm³/mol. The Morgan fingerprint density at radius 2 is 0.559 bits per heavy atom. The van der Waals surface area contributed by atoms with Crippen LogP contribution in [0, 0.1) is 0 Å². The van der Waals surface area contributed by atoms with Crippen LogP contribution in [-0.2, 0) is 28.6 Å². The average Bonchev–Trinajstić information content (AvgIpc) is 3.23. The summed E-state index contributed by atoms with van der Waals surface area (Å²) in [5, 5.41) is 0. The third-order valence-corrected chi connectivity index (χ3v) is 11.4. The van der Waals surface area contributed by atoms with Crippen molar-refractivity contribution in [3.8, 4) is 0 Å². The third kappa shape index (κ3) is 46.8. The SMILES string of the molecule is CCCCC/C=C\CCCCCCCC(=O)OCC(COC(=O)CCCCCCC/C=C\CCCCCCCC)OC(=O)CCCCCCCCCCCCCCCC. The van der Waals surface area contributed by atoms with Gasteiger partial charge in [-0.1, -0.05) is 212 Å². The summed E-state index contributed by atoms with van der Waals surface area (Å²) < 4.78 is 16.8. The summed E-state index contributed by atoms with van der Waals surface area (Å²) in [7, 11) is 0. The summed E-state index contributed by atoms with van der Waals surface area (Å²) in [5.74, 6) is -0.879. The van der Waals surface area contributed by atoms with Crippen LogP contribution in [0.25, 0.3) is 0 Å². The van der Waals surface area contributed by atoms with Gasteiger partial charge in [-0.05, 0) is 70.6 Å². The van der Waals surface area contributed by atoms with E-state index in [0.717, 1.165) is 70.6 Å². The number of carbonyl (C=O) groups excluding carboxylic acids is 3. The molecule has 0 radical (unpaired) electrons. The molecule has 0 amide bonds. The maximum Gasteiger partial charge on any atom is 0.306 e. The van der Waals surface area contributed by atoms with Crippen LogP contribution in [0.2, 0.25) is 0 Å². The molecular formula is C53H98O6. The third-order valence-electron chi connectivity index (χ3n) is 11.4. The fourth-order valence-corrected chi connectivity index (χ4v) is 7.49. The highest BCUT2D eigenvalue weighted by molar-refractivity contribution is 5.71.